The molecule has 0 rings (SSSR count). The van der Waals surface area contributed by atoms with Gasteiger partial charge in [-0.25, -0.2) is 4.79 Å². The fourth-order valence-corrected chi connectivity index (χ4v) is 0.593. The number of halogens is 1. The van der Waals surface area contributed by atoms with Crippen molar-refractivity contribution in [3.8, 4) is 0 Å². The zero-order chi connectivity index (χ0) is 7.28. The van der Waals surface area contributed by atoms with Crippen molar-refractivity contribution in [1.29, 1.82) is 0 Å². The lowest BCUT2D eigenvalue weighted by molar-refractivity contribution is 0.133. The summed E-state index contributed by atoms with van der Waals surface area (Å²) in [5, 5.41) is 0. The third-order valence-corrected chi connectivity index (χ3v) is 0.882. The number of hydrogen-bond acceptors (Lipinski definition) is 2. The number of rotatable bonds is 3. The van der Waals surface area contributed by atoms with Crippen molar-refractivity contribution in [2.75, 3.05) is 0 Å². The summed E-state index contributed by atoms with van der Waals surface area (Å²) in [6.45, 7) is 5.23. The van der Waals surface area contributed by atoms with E-state index in [0.717, 1.165) is 0 Å². The van der Waals surface area contributed by atoms with Crippen LogP contribution in [0.1, 0.15) is 13.3 Å². The predicted octanol–water partition coefficient (Wildman–Crippen LogP) is 2.33. The summed E-state index contributed by atoms with van der Waals surface area (Å²) in [6, 6.07) is 0. The number of carbonyl (C=O) groups excluding carboxylic acids is 1. The van der Waals surface area contributed by atoms with Crippen molar-refractivity contribution in [2.24, 2.45) is 0 Å². The SMILES string of the molecule is C=CCC(C)OC(=O)Cl. The van der Waals surface area contributed by atoms with Crippen LogP contribution in [0.2, 0.25) is 0 Å². The zero-order valence-electron chi connectivity index (χ0n) is 5.26. The molecule has 3 heteroatoms. The Hall–Kier alpha value is -0.500. The maximum atomic E-state index is 10.0. The van der Waals surface area contributed by atoms with Gasteiger partial charge in [0.25, 0.3) is 0 Å². The summed E-state index contributed by atoms with van der Waals surface area (Å²) >= 11 is 4.91. The first-order chi connectivity index (χ1) is 4.16. The van der Waals surface area contributed by atoms with E-state index in [1.165, 1.54) is 0 Å². The molecule has 1 unspecified atom stereocenters. The van der Waals surface area contributed by atoms with Crippen LogP contribution in [0.4, 0.5) is 4.79 Å². The molecule has 0 aliphatic heterocycles. The molecular formula is C6H9ClO2. The predicted molar refractivity (Wildman–Crippen MR) is 36.6 cm³/mol. The average Bonchev–Trinajstić information content (AvgIpc) is 1.63. The largest absolute Gasteiger partial charge is 0.450 e. The van der Waals surface area contributed by atoms with Crippen LogP contribution in [0, 0.1) is 0 Å². The minimum atomic E-state index is -0.760. The van der Waals surface area contributed by atoms with Gasteiger partial charge in [0.2, 0.25) is 0 Å². The van der Waals surface area contributed by atoms with Gasteiger partial charge in [-0.2, -0.15) is 0 Å². The summed E-state index contributed by atoms with van der Waals surface area (Å²) in [7, 11) is 0. The van der Waals surface area contributed by atoms with Crippen molar-refractivity contribution in [3.63, 3.8) is 0 Å². The molecular weight excluding hydrogens is 140 g/mol. The van der Waals surface area contributed by atoms with E-state index in [4.69, 9.17) is 11.6 Å². The summed E-state index contributed by atoms with van der Waals surface area (Å²) in [5.74, 6) is 0. The van der Waals surface area contributed by atoms with Gasteiger partial charge in [-0.15, -0.1) is 6.58 Å². The van der Waals surface area contributed by atoms with Gasteiger partial charge >= 0.3 is 5.43 Å². The highest BCUT2D eigenvalue weighted by Gasteiger charge is 2.02. The molecule has 2 nitrogen and oxygen atoms in total. The van der Waals surface area contributed by atoms with Crippen LogP contribution in [0.15, 0.2) is 12.7 Å². The summed E-state index contributed by atoms with van der Waals surface area (Å²) in [6.07, 6.45) is 2.15. The highest BCUT2D eigenvalue weighted by Crippen LogP contribution is 2.00. The van der Waals surface area contributed by atoms with E-state index in [0.29, 0.717) is 6.42 Å². The van der Waals surface area contributed by atoms with E-state index in [-0.39, 0.29) is 6.10 Å². The molecule has 0 saturated carbocycles. The van der Waals surface area contributed by atoms with Gasteiger partial charge in [0.15, 0.2) is 0 Å². The summed E-state index contributed by atoms with van der Waals surface area (Å²) in [5.41, 5.74) is -0.760. The molecule has 0 fully saturated rings. The maximum absolute atomic E-state index is 10.0. The molecule has 0 radical (unpaired) electrons. The molecule has 0 spiro atoms. The molecule has 0 aliphatic rings. The second-order valence-electron chi connectivity index (χ2n) is 1.69. The topological polar surface area (TPSA) is 26.3 Å². The number of ether oxygens (including phenoxy) is 1. The van der Waals surface area contributed by atoms with Gasteiger partial charge in [-0.3, -0.25) is 0 Å². The van der Waals surface area contributed by atoms with Crippen LogP contribution >= 0.6 is 11.6 Å². The van der Waals surface area contributed by atoms with Crippen molar-refractivity contribution in [2.45, 2.75) is 19.4 Å². The minimum absolute atomic E-state index is 0.160. The summed E-state index contributed by atoms with van der Waals surface area (Å²) in [4.78, 5) is 10.0. The second kappa shape index (κ2) is 4.39. The Morgan fingerprint density at radius 2 is 2.56 bits per heavy atom. The van der Waals surface area contributed by atoms with E-state index in [1.54, 1.807) is 13.0 Å². The molecule has 0 amide bonds. The maximum Gasteiger partial charge on any atom is 0.404 e. The van der Waals surface area contributed by atoms with Crippen LogP contribution < -0.4 is 0 Å². The van der Waals surface area contributed by atoms with Crippen molar-refractivity contribution >= 4 is 17.0 Å². The lowest BCUT2D eigenvalue weighted by atomic mass is 10.3. The molecule has 9 heavy (non-hydrogen) atoms. The molecule has 0 bridgehead atoms. The highest BCUT2D eigenvalue weighted by molar-refractivity contribution is 6.61. The normalized spacial score (nSPS) is 12.2. The van der Waals surface area contributed by atoms with Crippen LogP contribution in [-0.2, 0) is 4.74 Å². The Kier molecular flexibility index (Phi) is 4.14. The first-order valence-electron chi connectivity index (χ1n) is 2.64. The lowest BCUT2D eigenvalue weighted by Crippen LogP contribution is -2.07. The van der Waals surface area contributed by atoms with E-state index in [9.17, 15) is 4.79 Å². The number of carbonyl (C=O) groups is 1. The molecule has 1 atom stereocenters. The van der Waals surface area contributed by atoms with Crippen LogP contribution in [0.3, 0.4) is 0 Å². The lowest BCUT2D eigenvalue weighted by Gasteiger charge is -2.05. The smallest absolute Gasteiger partial charge is 0.404 e. The standard InChI is InChI=1S/C6H9ClO2/c1-3-4-5(2)9-6(7)8/h3,5H,1,4H2,2H3. The van der Waals surface area contributed by atoms with E-state index < -0.39 is 5.43 Å². The first-order valence-corrected chi connectivity index (χ1v) is 3.01. The Labute approximate surface area is 59.5 Å². The van der Waals surface area contributed by atoms with Gasteiger partial charge in [0, 0.05) is 18.0 Å². The van der Waals surface area contributed by atoms with E-state index >= 15 is 0 Å². The Bertz CT molecular complexity index is 112. The van der Waals surface area contributed by atoms with E-state index in [2.05, 4.69) is 11.3 Å². The van der Waals surface area contributed by atoms with Gasteiger partial charge in [0.1, 0.15) is 6.10 Å². The average molecular weight is 149 g/mol. The quantitative estimate of drug-likeness (QED) is 0.454. The molecule has 0 N–H and O–H groups in total. The molecule has 0 aromatic heterocycles. The fraction of sp³-hybridized carbons (Fsp3) is 0.500. The summed E-state index contributed by atoms with van der Waals surface area (Å²) < 4.78 is 4.55. The second-order valence-corrected chi connectivity index (χ2v) is 2.00. The zero-order valence-corrected chi connectivity index (χ0v) is 6.02. The van der Waals surface area contributed by atoms with Gasteiger partial charge in [-0.05, 0) is 6.92 Å². The third-order valence-electron chi connectivity index (χ3n) is 0.792. The van der Waals surface area contributed by atoms with Gasteiger partial charge in [0.05, 0.1) is 0 Å². The van der Waals surface area contributed by atoms with Crippen molar-refractivity contribution < 1.29 is 9.53 Å². The van der Waals surface area contributed by atoms with Crippen LogP contribution in [-0.4, -0.2) is 11.5 Å². The Balaban J connectivity index is 3.37. The molecule has 0 aromatic rings. The van der Waals surface area contributed by atoms with Crippen molar-refractivity contribution in [1.82, 2.24) is 0 Å². The molecule has 0 saturated heterocycles. The highest BCUT2D eigenvalue weighted by atomic mass is 35.5. The molecule has 52 valence electrons. The molecule has 0 heterocycles. The van der Waals surface area contributed by atoms with Gasteiger partial charge < -0.3 is 4.74 Å². The monoisotopic (exact) mass is 148 g/mol. The molecule has 0 aliphatic carbocycles. The Morgan fingerprint density at radius 1 is 2.00 bits per heavy atom. The van der Waals surface area contributed by atoms with Crippen LogP contribution in [0.25, 0.3) is 0 Å². The minimum Gasteiger partial charge on any atom is -0.450 e. The van der Waals surface area contributed by atoms with Crippen LogP contribution in [0.5, 0.6) is 0 Å². The third kappa shape index (κ3) is 5.37. The fourth-order valence-electron chi connectivity index (χ4n) is 0.441. The van der Waals surface area contributed by atoms with E-state index in [1.807, 2.05) is 0 Å². The van der Waals surface area contributed by atoms with Gasteiger partial charge in [-0.1, -0.05) is 6.08 Å². The van der Waals surface area contributed by atoms with Crippen molar-refractivity contribution in [3.05, 3.63) is 12.7 Å². The molecule has 0 aromatic carbocycles. The Morgan fingerprint density at radius 3 is 2.89 bits per heavy atom. The first kappa shape index (κ1) is 8.50. The number of hydrogen-bond donors (Lipinski definition) is 0.